The predicted molar refractivity (Wildman–Crippen MR) is 69.1 cm³/mol. The number of nitrogens with one attached hydrogen (secondary N) is 1. The monoisotopic (exact) mass is 250 g/mol. The van der Waals surface area contributed by atoms with Crippen molar-refractivity contribution in [2.24, 2.45) is 0 Å². The highest BCUT2D eigenvalue weighted by molar-refractivity contribution is 7.88. The fourth-order valence-corrected chi connectivity index (χ4v) is 2.63. The van der Waals surface area contributed by atoms with Crippen molar-refractivity contribution in [2.45, 2.75) is 46.1 Å². The summed E-state index contributed by atoms with van der Waals surface area (Å²) in [6.07, 6.45) is 4.49. The molecule has 0 aliphatic rings. The van der Waals surface area contributed by atoms with E-state index in [1.165, 1.54) is 23.4 Å². The van der Waals surface area contributed by atoms with Crippen LogP contribution in [0.4, 0.5) is 0 Å². The molecule has 0 aromatic carbocycles. The lowest BCUT2D eigenvalue weighted by molar-refractivity contribution is 0.409. The molecule has 5 heteroatoms. The van der Waals surface area contributed by atoms with Crippen molar-refractivity contribution in [3.8, 4) is 0 Å². The zero-order chi connectivity index (χ0) is 12.6. The third kappa shape index (κ3) is 7.19. The van der Waals surface area contributed by atoms with E-state index in [1.807, 2.05) is 6.92 Å². The second-order valence-electron chi connectivity index (χ2n) is 4.25. The molecule has 1 unspecified atom stereocenters. The molecule has 16 heavy (non-hydrogen) atoms. The van der Waals surface area contributed by atoms with Crippen molar-refractivity contribution >= 4 is 10.0 Å². The molecule has 4 nitrogen and oxygen atoms in total. The van der Waals surface area contributed by atoms with Crippen molar-refractivity contribution in [2.75, 3.05) is 25.9 Å². The summed E-state index contributed by atoms with van der Waals surface area (Å²) < 4.78 is 24.1. The average molecular weight is 250 g/mol. The fraction of sp³-hybridized carbons (Fsp3) is 1.00. The average Bonchev–Trinajstić information content (AvgIpc) is 2.16. The Bertz CT molecular complexity index is 265. The van der Waals surface area contributed by atoms with E-state index in [4.69, 9.17) is 0 Å². The zero-order valence-electron chi connectivity index (χ0n) is 11.0. The molecule has 98 valence electrons. The van der Waals surface area contributed by atoms with Crippen LogP contribution in [0.15, 0.2) is 0 Å². The van der Waals surface area contributed by atoms with Crippen LogP contribution in [0.2, 0.25) is 0 Å². The van der Waals surface area contributed by atoms with Gasteiger partial charge in [0.15, 0.2) is 0 Å². The van der Waals surface area contributed by atoms with Crippen LogP contribution in [0, 0.1) is 0 Å². The molecule has 0 fully saturated rings. The first-order valence-corrected chi connectivity index (χ1v) is 7.95. The van der Waals surface area contributed by atoms with E-state index in [0.29, 0.717) is 19.1 Å². The van der Waals surface area contributed by atoms with Gasteiger partial charge in [0.2, 0.25) is 10.0 Å². The van der Waals surface area contributed by atoms with Gasteiger partial charge in [0.1, 0.15) is 0 Å². The highest BCUT2D eigenvalue weighted by Gasteiger charge is 2.13. The van der Waals surface area contributed by atoms with Crippen molar-refractivity contribution in [3.05, 3.63) is 0 Å². The molecular weight excluding hydrogens is 224 g/mol. The molecule has 0 saturated heterocycles. The van der Waals surface area contributed by atoms with Gasteiger partial charge in [-0.3, -0.25) is 0 Å². The maximum absolute atomic E-state index is 11.3. The summed E-state index contributed by atoms with van der Waals surface area (Å²) in [5.74, 6) is 0. The zero-order valence-corrected chi connectivity index (χ0v) is 11.8. The summed E-state index contributed by atoms with van der Waals surface area (Å²) in [4.78, 5) is 0. The Morgan fingerprint density at radius 1 is 1.31 bits per heavy atom. The highest BCUT2D eigenvalue weighted by atomic mass is 32.2. The van der Waals surface area contributed by atoms with E-state index >= 15 is 0 Å². The van der Waals surface area contributed by atoms with Gasteiger partial charge < -0.3 is 5.32 Å². The van der Waals surface area contributed by atoms with Gasteiger partial charge in [-0.05, 0) is 26.3 Å². The second-order valence-corrected chi connectivity index (χ2v) is 6.23. The Hall–Kier alpha value is -0.130. The maximum atomic E-state index is 11.3. The predicted octanol–water partition coefficient (Wildman–Crippen LogP) is 1.44. The normalized spacial score (nSPS) is 14.3. The van der Waals surface area contributed by atoms with Gasteiger partial charge in [-0.25, -0.2) is 12.7 Å². The Kier molecular flexibility index (Phi) is 7.97. The lowest BCUT2D eigenvalue weighted by atomic mass is 10.2. The van der Waals surface area contributed by atoms with E-state index in [-0.39, 0.29) is 0 Å². The summed E-state index contributed by atoms with van der Waals surface area (Å²) in [6.45, 7) is 8.25. The van der Waals surface area contributed by atoms with Crippen LogP contribution in [0.3, 0.4) is 0 Å². The Labute approximate surface area is 100 Å². The van der Waals surface area contributed by atoms with Crippen molar-refractivity contribution in [3.63, 3.8) is 0 Å². The molecule has 0 aliphatic carbocycles. The number of nitrogens with zero attached hydrogens (tertiary/aromatic N) is 1. The highest BCUT2D eigenvalue weighted by Crippen LogP contribution is 1.99. The van der Waals surface area contributed by atoms with E-state index in [1.54, 1.807) is 0 Å². The van der Waals surface area contributed by atoms with Crippen LogP contribution in [0.25, 0.3) is 0 Å². The summed E-state index contributed by atoms with van der Waals surface area (Å²) in [7, 11) is -3.02. The number of hydrogen-bond acceptors (Lipinski definition) is 3. The van der Waals surface area contributed by atoms with Crippen LogP contribution in [0.1, 0.15) is 40.0 Å². The molecule has 0 spiro atoms. The van der Waals surface area contributed by atoms with Gasteiger partial charge in [-0.1, -0.05) is 20.3 Å². The molecule has 0 aromatic rings. The molecular formula is C11H26N2O2S. The SMILES string of the molecule is CCCC(C)NCCCN(CC)S(C)(=O)=O. The minimum Gasteiger partial charge on any atom is -0.314 e. The molecule has 0 radical (unpaired) electrons. The standard InChI is InChI=1S/C11H26N2O2S/c1-5-8-11(3)12-9-7-10-13(6-2)16(4,14)15/h11-12H,5-10H2,1-4H3. The van der Waals surface area contributed by atoms with Crippen molar-refractivity contribution in [1.29, 1.82) is 0 Å². The Morgan fingerprint density at radius 2 is 1.94 bits per heavy atom. The third-order valence-electron chi connectivity index (χ3n) is 2.62. The van der Waals surface area contributed by atoms with E-state index in [0.717, 1.165) is 13.0 Å². The van der Waals surface area contributed by atoms with Crippen LogP contribution in [0.5, 0.6) is 0 Å². The number of rotatable bonds is 9. The topological polar surface area (TPSA) is 49.4 Å². The van der Waals surface area contributed by atoms with Crippen LogP contribution in [-0.2, 0) is 10.0 Å². The minimum absolute atomic E-state index is 0.526. The third-order valence-corrected chi connectivity index (χ3v) is 4.00. The molecule has 0 aromatic heterocycles. The first-order chi connectivity index (χ1) is 7.41. The minimum atomic E-state index is -3.02. The molecule has 0 heterocycles. The molecule has 1 N–H and O–H groups in total. The summed E-state index contributed by atoms with van der Waals surface area (Å²) in [5, 5.41) is 3.39. The van der Waals surface area contributed by atoms with Crippen LogP contribution < -0.4 is 5.32 Å². The van der Waals surface area contributed by atoms with E-state index < -0.39 is 10.0 Å². The van der Waals surface area contributed by atoms with Crippen molar-refractivity contribution in [1.82, 2.24) is 9.62 Å². The summed E-state index contributed by atoms with van der Waals surface area (Å²) in [6, 6.07) is 0.526. The van der Waals surface area contributed by atoms with Gasteiger partial charge in [-0.2, -0.15) is 0 Å². The molecule has 1 atom stereocenters. The van der Waals surface area contributed by atoms with Gasteiger partial charge in [0.25, 0.3) is 0 Å². The molecule has 0 bridgehead atoms. The van der Waals surface area contributed by atoms with Gasteiger partial charge in [0.05, 0.1) is 6.26 Å². The second kappa shape index (κ2) is 8.03. The lowest BCUT2D eigenvalue weighted by Gasteiger charge is -2.18. The largest absolute Gasteiger partial charge is 0.314 e. The summed E-state index contributed by atoms with van der Waals surface area (Å²) >= 11 is 0. The maximum Gasteiger partial charge on any atom is 0.211 e. The fourth-order valence-electron chi connectivity index (χ4n) is 1.70. The molecule has 0 aliphatic heterocycles. The smallest absolute Gasteiger partial charge is 0.211 e. The summed E-state index contributed by atoms with van der Waals surface area (Å²) in [5.41, 5.74) is 0. The Morgan fingerprint density at radius 3 is 2.38 bits per heavy atom. The number of hydrogen-bond donors (Lipinski definition) is 1. The first-order valence-electron chi connectivity index (χ1n) is 6.10. The quantitative estimate of drug-likeness (QED) is 0.630. The first kappa shape index (κ1) is 15.9. The Balaban J connectivity index is 3.72. The van der Waals surface area contributed by atoms with Gasteiger partial charge in [0, 0.05) is 19.1 Å². The molecule has 0 amide bonds. The van der Waals surface area contributed by atoms with Gasteiger partial charge >= 0.3 is 0 Å². The molecule has 0 saturated carbocycles. The van der Waals surface area contributed by atoms with Gasteiger partial charge in [-0.15, -0.1) is 0 Å². The van der Waals surface area contributed by atoms with E-state index in [9.17, 15) is 8.42 Å². The molecule has 0 rings (SSSR count). The number of sulfonamides is 1. The van der Waals surface area contributed by atoms with Crippen LogP contribution >= 0.6 is 0 Å². The lowest BCUT2D eigenvalue weighted by Crippen LogP contribution is -2.34. The van der Waals surface area contributed by atoms with Crippen LogP contribution in [-0.4, -0.2) is 44.7 Å². The van der Waals surface area contributed by atoms with E-state index in [2.05, 4.69) is 19.2 Å². The van der Waals surface area contributed by atoms with Crippen molar-refractivity contribution < 1.29 is 8.42 Å².